The van der Waals surface area contributed by atoms with Crippen molar-refractivity contribution in [3.63, 3.8) is 0 Å². The lowest BCUT2D eigenvalue weighted by Gasteiger charge is -2.22. The fourth-order valence-corrected chi connectivity index (χ4v) is 1.19. The monoisotopic (exact) mass is 233 g/mol. The molecule has 0 saturated carbocycles. The molecule has 0 aliphatic carbocycles. The first kappa shape index (κ1) is 14.3. The largest absolute Gasteiger partial charge is 0.444 e. The Labute approximate surface area is 96.2 Å². The summed E-state index contributed by atoms with van der Waals surface area (Å²) in [6.45, 7) is 7.23. The van der Waals surface area contributed by atoms with Gasteiger partial charge in [-0.05, 0) is 27.2 Å². The third kappa shape index (κ3) is 7.25. The van der Waals surface area contributed by atoms with Crippen molar-refractivity contribution in [1.82, 2.24) is 5.32 Å². The van der Waals surface area contributed by atoms with Gasteiger partial charge >= 0.3 is 6.09 Å². The molecule has 0 radical (unpaired) electrons. The van der Waals surface area contributed by atoms with Gasteiger partial charge < -0.3 is 10.1 Å². The maximum absolute atomic E-state index is 11.3. The third-order valence-corrected chi connectivity index (χ3v) is 1.88. The van der Waals surface area contributed by atoms with Gasteiger partial charge in [-0.1, -0.05) is 13.3 Å². The first-order valence-corrected chi connectivity index (χ1v) is 5.43. The summed E-state index contributed by atoms with van der Waals surface area (Å²) in [5.74, 6) is 0. The molecule has 0 heterocycles. The molecule has 1 amide bonds. The van der Waals surface area contributed by atoms with Crippen LogP contribution in [0.3, 0.4) is 0 Å². The highest BCUT2D eigenvalue weighted by molar-refractivity contribution is 7.96. The summed E-state index contributed by atoms with van der Waals surface area (Å²) in [5.41, 5.74) is -0.555. The highest BCUT2D eigenvalue weighted by Gasteiger charge is 2.21. The van der Waals surface area contributed by atoms with Crippen LogP contribution >= 0.6 is 12.6 Å². The van der Waals surface area contributed by atoms with Gasteiger partial charge in [0, 0.05) is 0 Å². The van der Waals surface area contributed by atoms with Gasteiger partial charge in [0.05, 0.1) is 0 Å². The minimum absolute atomic E-state index is 0.345. The lowest BCUT2D eigenvalue weighted by molar-refractivity contribution is -0.112. The first-order valence-electron chi connectivity index (χ1n) is 4.98. The molecule has 0 rings (SSSR count). The molecule has 0 aromatic heterocycles. The minimum atomic E-state index is -0.580. The highest BCUT2D eigenvalue weighted by Crippen LogP contribution is 2.08. The molecule has 15 heavy (non-hydrogen) atoms. The van der Waals surface area contributed by atoms with Gasteiger partial charge in [0.1, 0.15) is 11.6 Å². The smallest absolute Gasteiger partial charge is 0.408 e. The summed E-state index contributed by atoms with van der Waals surface area (Å²) in [6, 6.07) is -0.562. The second-order valence-corrected chi connectivity index (χ2v) is 4.77. The van der Waals surface area contributed by atoms with E-state index >= 15 is 0 Å². The molecule has 0 spiro atoms. The SMILES string of the molecule is CCCC(NC(=O)OC(C)(C)C)C(=O)S. The summed E-state index contributed by atoms with van der Waals surface area (Å²) >= 11 is 3.70. The molecule has 0 fully saturated rings. The number of carbonyl (C=O) groups is 2. The average molecular weight is 233 g/mol. The van der Waals surface area contributed by atoms with E-state index in [9.17, 15) is 9.59 Å². The van der Waals surface area contributed by atoms with Gasteiger partial charge in [-0.25, -0.2) is 4.79 Å². The zero-order chi connectivity index (χ0) is 12.1. The molecule has 1 atom stereocenters. The number of alkyl carbamates (subject to hydrolysis) is 1. The number of hydrogen-bond donors (Lipinski definition) is 2. The molecule has 0 aliphatic heterocycles. The Balaban J connectivity index is 4.18. The summed E-state index contributed by atoms with van der Waals surface area (Å²) in [5, 5.41) is 2.14. The van der Waals surface area contributed by atoms with Gasteiger partial charge in [-0.3, -0.25) is 4.79 Å². The van der Waals surface area contributed by atoms with Crippen LogP contribution in [0.1, 0.15) is 40.5 Å². The molecule has 0 aromatic carbocycles. The molecule has 0 saturated heterocycles. The van der Waals surface area contributed by atoms with E-state index in [1.54, 1.807) is 20.8 Å². The van der Waals surface area contributed by atoms with Crippen LogP contribution < -0.4 is 5.32 Å². The van der Waals surface area contributed by atoms with E-state index in [1.165, 1.54) is 0 Å². The molecule has 4 nitrogen and oxygen atoms in total. The fraction of sp³-hybridized carbons (Fsp3) is 0.800. The van der Waals surface area contributed by atoms with E-state index in [2.05, 4.69) is 17.9 Å². The number of amides is 1. The zero-order valence-corrected chi connectivity index (χ0v) is 10.6. The van der Waals surface area contributed by atoms with Crippen LogP contribution in [-0.2, 0) is 9.53 Å². The number of thiol groups is 1. The van der Waals surface area contributed by atoms with E-state index in [0.29, 0.717) is 6.42 Å². The normalized spacial score (nSPS) is 13.1. The second-order valence-electron chi connectivity index (χ2n) is 4.33. The van der Waals surface area contributed by atoms with Crippen molar-refractivity contribution in [2.45, 2.75) is 52.2 Å². The third-order valence-electron chi connectivity index (χ3n) is 1.57. The Hall–Kier alpha value is -0.710. The van der Waals surface area contributed by atoms with Crippen molar-refractivity contribution in [2.75, 3.05) is 0 Å². The van der Waals surface area contributed by atoms with Crippen molar-refractivity contribution in [3.05, 3.63) is 0 Å². The number of nitrogens with one attached hydrogen (secondary N) is 1. The molecular weight excluding hydrogens is 214 g/mol. The minimum Gasteiger partial charge on any atom is -0.444 e. The van der Waals surface area contributed by atoms with Gasteiger partial charge in [0.2, 0.25) is 5.12 Å². The van der Waals surface area contributed by atoms with Crippen molar-refractivity contribution in [1.29, 1.82) is 0 Å². The number of rotatable bonds is 4. The van der Waals surface area contributed by atoms with Crippen LogP contribution in [0.25, 0.3) is 0 Å². The molecule has 1 unspecified atom stereocenters. The molecule has 0 bridgehead atoms. The molecule has 0 aromatic rings. The standard InChI is InChI=1S/C10H19NO3S/c1-5-6-7(8(12)15)11-9(13)14-10(2,3)4/h7H,5-6H2,1-4H3,(H,11,13)(H,12,15). The molecule has 88 valence electrons. The van der Waals surface area contributed by atoms with Crippen LogP contribution in [0, 0.1) is 0 Å². The van der Waals surface area contributed by atoms with E-state index in [0.717, 1.165) is 6.42 Å². The van der Waals surface area contributed by atoms with E-state index in [-0.39, 0.29) is 5.12 Å². The Morgan fingerprint density at radius 2 is 1.93 bits per heavy atom. The molecule has 0 aliphatic rings. The summed E-state index contributed by atoms with van der Waals surface area (Å²) < 4.78 is 5.03. The topological polar surface area (TPSA) is 55.4 Å². The average Bonchev–Trinajstić information content (AvgIpc) is 1.99. The van der Waals surface area contributed by atoms with Crippen LogP contribution in [-0.4, -0.2) is 22.9 Å². The molecular formula is C10H19NO3S. The maximum atomic E-state index is 11.3. The second kappa shape index (κ2) is 6.00. The van der Waals surface area contributed by atoms with Crippen molar-refractivity contribution >= 4 is 23.8 Å². The van der Waals surface area contributed by atoms with Crippen molar-refractivity contribution in [3.8, 4) is 0 Å². The van der Waals surface area contributed by atoms with E-state index in [1.807, 2.05) is 6.92 Å². The predicted molar refractivity (Wildman–Crippen MR) is 62.1 cm³/mol. The quantitative estimate of drug-likeness (QED) is 0.731. The van der Waals surface area contributed by atoms with Crippen LogP contribution in [0.4, 0.5) is 4.79 Å². The zero-order valence-electron chi connectivity index (χ0n) is 9.66. The van der Waals surface area contributed by atoms with E-state index < -0.39 is 17.7 Å². The predicted octanol–water partition coefficient (Wildman–Crippen LogP) is 2.14. The Morgan fingerprint density at radius 1 is 1.40 bits per heavy atom. The molecule has 1 N–H and O–H groups in total. The Bertz CT molecular complexity index is 235. The Morgan fingerprint density at radius 3 is 2.27 bits per heavy atom. The van der Waals surface area contributed by atoms with Gasteiger partial charge in [-0.15, -0.1) is 12.6 Å². The summed E-state index contributed by atoms with van der Waals surface area (Å²) in [4.78, 5) is 22.4. The van der Waals surface area contributed by atoms with Crippen LogP contribution in [0.5, 0.6) is 0 Å². The summed E-state index contributed by atoms with van der Waals surface area (Å²) in [7, 11) is 0. The number of hydrogen-bond acceptors (Lipinski definition) is 3. The van der Waals surface area contributed by atoms with Crippen LogP contribution in [0.15, 0.2) is 0 Å². The molecule has 5 heteroatoms. The first-order chi connectivity index (χ1) is 6.76. The van der Waals surface area contributed by atoms with E-state index in [4.69, 9.17) is 4.74 Å². The highest BCUT2D eigenvalue weighted by atomic mass is 32.1. The lowest BCUT2D eigenvalue weighted by atomic mass is 10.2. The lowest BCUT2D eigenvalue weighted by Crippen LogP contribution is -2.42. The van der Waals surface area contributed by atoms with Gasteiger partial charge in [0.25, 0.3) is 0 Å². The van der Waals surface area contributed by atoms with Gasteiger partial charge in [-0.2, -0.15) is 0 Å². The maximum Gasteiger partial charge on any atom is 0.408 e. The Kier molecular flexibility index (Phi) is 5.72. The van der Waals surface area contributed by atoms with Crippen LogP contribution in [0.2, 0.25) is 0 Å². The number of carbonyl (C=O) groups excluding carboxylic acids is 2. The van der Waals surface area contributed by atoms with Crippen molar-refractivity contribution in [2.24, 2.45) is 0 Å². The number of ether oxygens (including phenoxy) is 1. The summed E-state index contributed by atoms with van der Waals surface area (Å²) in [6.07, 6.45) is 0.789. The van der Waals surface area contributed by atoms with Gasteiger partial charge in [0.15, 0.2) is 0 Å². The van der Waals surface area contributed by atoms with Crippen molar-refractivity contribution < 1.29 is 14.3 Å². The fourth-order valence-electron chi connectivity index (χ4n) is 0.996.